The van der Waals surface area contributed by atoms with Crippen LogP contribution in [0.5, 0.6) is 11.5 Å². The fourth-order valence-corrected chi connectivity index (χ4v) is 2.93. The third kappa shape index (κ3) is 4.79. The van der Waals surface area contributed by atoms with Gasteiger partial charge in [0.15, 0.2) is 5.69 Å². The van der Waals surface area contributed by atoms with Crippen molar-refractivity contribution in [1.29, 1.82) is 0 Å². The van der Waals surface area contributed by atoms with E-state index in [1.807, 2.05) is 6.92 Å². The number of benzene rings is 2. The number of aromatic hydroxyl groups is 1. The lowest BCUT2D eigenvalue weighted by Gasteiger charge is -2.08. The standard InChI is InChI=1S/C21H20N8O4/c1-2-10-32-16-8-6-14(7-9-16)18-17(24-28-29(18)20-19(22)26-33-27-20)21(31)25-23-12-13-4-3-5-15(30)11-13/h3-9,11-12,30H,2,10H2,1H3,(H2,22,26)(H,25,31)/b23-12+. The first-order chi connectivity index (χ1) is 16.1. The Morgan fingerprint density at radius 3 is 2.79 bits per heavy atom. The number of phenols is 1. The van der Waals surface area contributed by atoms with Gasteiger partial charge in [0.2, 0.25) is 11.6 Å². The van der Waals surface area contributed by atoms with E-state index in [2.05, 4.69) is 35.8 Å². The number of nitrogens with zero attached hydrogens (tertiary/aromatic N) is 6. The minimum absolute atomic E-state index is 0.0158. The van der Waals surface area contributed by atoms with Crippen LogP contribution in [0.2, 0.25) is 0 Å². The molecule has 0 aliphatic carbocycles. The number of nitrogens with two attached hydrogens (primary N) is 1. The van der Waals surface area contributed by atoms with E-state index >= 15 is 0 Å². The summed E-state index contributed by atoms with van der Waals surface area (Å²) in [6.45, 7) is 2.60. The van der Waals surface area contributed by atoms with E-state index in [4.69, 9.17) is 10.5 Å². The van der Waals surface area contributed by atoms with E-state index in [0.717, 1.165) is 6.42 Å². The predicted molar refractivity (Wildman–Crippen MR) is 118 cm³/mol. The van der Waals surface area contributed by atoms with Gasteiger partial charge >= 0.3 is 0 Å². The highest BCUT2D eigenvalue weighted by Gasteiger charge is 2.25. The van der Waals surface area contributed by atoms with Gasteiger partial charge in [0.1, 0.15) is 17.2 Å². The second kappa shape index (κ2) is 9.60. The SMILES string of the molecule is CCCOc1ccc(-c2c(C(=O)N/N=C/c3cccc(O)c3)nnn2-c2nonc2N)cc1. The topological polar surface area (TPSA) is 167 Å². The summed E-state index contributed by atoms with van der Waals surface area (Å²) in [6, 6.07) is 13.5. The molecule has 0 saturated carbocycles. The molecule has 0 unspecified atom stereocenters. The quantitative estimate of drug-likeness (QED) is 0.270. The number of phenolic OH excluding ortho intramolecular Hbond substituents is 1. The molecule has 1 amide bonds. The van der Waals surface area contributed by atoms with Gasteiger partial charge in [-0.25, -0.2) is 10.1 Å². The van der Waals surface area contributed by atoms with Crippen molar-refractivity contribution in [3.05, 3.63) is 59.8 Å². The Morgan fingerprint density at radius 1 is 1.27 bits per heavy atom. The Bertz CT molecular complexity index is 1280. The molecule has 4 N–H and O–H groups in total. The number of nitrogens with one attached hydrogen (secondary N) is 1. The van der Waals surface area contributed by atoms with E-state index in [-0.39, 0.29) is 23.1 Å². The fourth-order valence-electron chi connectivity index (χ4n) is 2.93. The number of nitrogen functional groups attached to an aromatic ring is 1. The van der Waals surface area contributed by atoms with Crippen LogP contribution in [0.4, 0.5) is 5.82 Å². The van der Waals surface area contributed by atoms with Crippen molar-refractivity contribution in [3.8, 4) is 28.6 Å². The average Bonchev–Trinajstić information content (AvgIpc) is 3.44. The van der Waals surface area contributed by atoms with Crippen LogP contribution in [0.3, 0.4) is 0 Å². The van der Waals surface area contributed by atoms with Crippen molar-refractivity contribution in [2.45, 2.75) is 13.3 Å². The lowest BCUT2D eigenvalue weighted by Crippen LogP contribution is -2.19. The summed E-state index contributed by atoms with van der Waals surface area (Å²) in [4.78, 5) is 12.9. The Balaban J connectivity index is 1.66. The minimum atomic E-state index is -0.617. The summed E-state index contributed by atoms with van der Waals surface area (Å²) < 4.78 is 11.6. The minimum Gasteiger partial charge on any atom is -0.508 e. The Hall–Kier alpha value is -4.74. The molecule has 0 saturated heterocycles. The normalized spacial score (nSPS) is 11.1. The Labute approximate surface area is 187 Å². The maximum atomic E-state index is 12.9. The zero-order valence-electron chi connectivity index (χ0n) is 17.5. The van der Waals surface area contributed by atoms with E-state index < -0.39 is 5.91 Å². The van der Waals surface area contributed by atoms with Crippen molar-refractivity contribution >= 4 is 17.9 Å². The third-order valence-corrected chi connectivity index (χ3v) is 4.43. The highest BCUT2D eigenvalue weighted by molar-refractivity contribution is 5.98. The smallest absolute Gasteiger partial charge is 0.294 e. The van der Waals surface area contributed by atoms with E-state index in [0.29, 0.717) is 29.2 Å². The predicted octanol–water partition coefficient (Wildman–Crippen LogP) is 2.16. The summed E-state index contributed by atoms with van der Waals surface area (Å²) in [5.41, 5.74) is 9.72. The number of rotatable bonds is 8. The summed E-state index contributed by atoms with van der Waals surface area (Å²) in [7, 11) is 0. The first kappa shape index (κ1) is 21.5. The van der Waals surface area contributed by atoms with Gasteiger partial charge in [-0.1, -0.05) is 24.3 Å². The van der Waals surface area contributed by atoms with E-state index in [9.17, 15) is 9.90 Å². The molecule has 168 valence electrons. The third-order valence-electron chi connectivity index (χ3n) is 4.43. The second-order valence-corrected chi connectivity index (χ2v) is 6.84. The molecule has 0 radical (unpaired) electrons. The van der Waals surface area contributed by atoms with Gasteiger partial charge < -0.3 is 15.6 Å². The van der Waals surface area contributed by atoms with E-state index in [1.54, 1.807) is 36.4 Å². The monoisotopic (exact) mass is 448 g/mol. The highest BCUT2D eigenvalue weighted by Crippen LogP contribution is 2.28. The molecule has 4 rings (SSSR count). The molecule has 0 aliphatic rings. The molecule has 0 atom stereocenters. The Morgan fingerprint density at radius 2 is 2.09 bits per heavy atom. The number of hydrogen-bond acceptors (Lipinski definition) is 10. The van der Waals surface area contributed by atoms with Crippen molar-refractivity contribution in [3.63, 3.8) is 0 Å². The molecular weight excluding hydrogens is 428 g/mol. The molecule has 33 heavy (non-hydrogen) atoms. The van der Waals surface area contributed by atoms with Crippen molar-refractivity contribution in [2.24, 2.45) is 5.10 Å². The molecule has 0 spiro atoms. The first-order valence-electron chi connectivity index (χ1n) is 9.96. The number of ether oxygens (including phenoxy) is 1. The number of hydrazone groups is 1. The molecule has 2 heterocycles. The average molecular weight is 448 g/mol. The molecule has 4 aromatic rings. The van der Waals surface area contributed by atoms with Crippen molar-refractivity contribution in [2.75, 3.05) is 12.3 Å². The van der Waals surface area contributed by atoms with Crippen LogP contribution in [0.25, 0.3) is 17.1 Å². The van der Waals surface area contributed by atoms with Crippen LogP contribution in [0.15, 0.2) is 58.3 Å². The fraction of sp³-hybridized carbons (Fsp3) is 0.143. The van der Waals surface area contributed by atoms with Gasteiger partial charge in [-0.05, 0) is 58.7 Å². The molecule has 2 aromatic heterocycles. The van der Waals surface area contributed by atoms with Crippen LogP contribution < -0.4 is 15.9 Å². The van der Waals surface area contributed by atoms with Crippen molar-refractivity contribution < 1.29 is 19.3 Å². The van der Waals surface area contributed by atoms with Crippen LogP contribution >= 0.6 is 0 Å². The number of hydrogen-bond donors (Lipinski definition) is 3. The maximum absolute atomic E-state index is 12.9. The Kier molecular flexibility index (Phi) is 6.25. The van der Waals surface area contributed by atoms with Crippen LogP contribution in [0.1, 0.15) is 29.4 Å². The van der Waals surface area contributed by atoms with Crippen molar-refractivity contribution in [1.82, 2.24) is 30.7 Å². The number of aromatic nitrogens is 5. The number of amides is 1. The second-order valence-electron chi connectivity index (χ2n) is 6.84. The summed E-state index contributed by atoms with van der Waals surface area (Å²) >= 11 is 0. The highest BCUT2D eigenvalue weighted by atomic mass is 16.6. The summed E-state index contributed by atoms with van der Waals surface area (Å²) in [5, 5.41) is 28.8. The first-order valence-corrected chi connectivity index (χ1v) is 9.96. The lowest BCUT2D eigenvalue weighted by atomic mass is 10.1. The van der Waals surface area contributed by atoms with Crippen LogP contribution in [-0.4, -0.2) is 49.1 Å². The molecule has 12 heteroatoms. The van der Waals surface area contributed by atoms with E-state index in [1.165, 1.54) is 23.0 Å². The summed E-state index contributed by atoms with van der Waals surface area (Å²) in [6.07, 6.45) is 2.27. The zero-order chi connectivity index (χ0) is 23.2. The maximum Gasteiger partial charge on any atom is 0.294 e. The van der Waals surface area contributed by atoms with Gasteiger partial charge in [0.05, 0.1) is 12.8 Å². The summed E-state index contributed by atoms with van der Waals surface area (Å²) in [5.74, 6) is 0.225. The molecular formula is C21H20N8O4. The van der Waals surface area contributed by atoms with Gasteiger partial charge in [0, 0.05) is 5.56 Å². The number of carbonyl (C=O) groups is 1. The molecule has 12 nitrogen and oxygen atoms in total. The van der Waals surface area contributed by atoms with Crippen LogP contribution in [0, 0.1) is 0 Å². The van der Waals surface area contributed by atoms with Crippen LogP contribution in [-0.2, 0) is 0 Å². The molecule has 2 aromatic carbocycles. The van der Waals surface area contributed by atoms with Gasteiger partial charge in [-0.15, -0.1) is 5.10 Å². The lowest BCUT2D eigenvalue weighted by molar-refractivity contribution is 0.0950. The molecule has 0 aliphatic heterocycles. The van der Waals surface area contributed by atoms with Gasteiger partial charge in [-0.3, -0.25) is 4.79 Å². The molecule has 0 bridgehead atoms. The van der Waals surface area contributed by atoms with Gasteiger partial charge in [0.25, 0.3) is 5.91 Å². The molecule has 0 fully saturated rings. The zero-order valence-corrected chi connectivity index (χ0v) is 17.5. The number of anilines is 1. The van der Waals surface area contributed by atoms with Gasteiger partial charge in [-0.2, -0.15) is 9.78 Å². The number of carbonyl (C=O) groups excluding carboxylic acids is 1. The largest absolute Gasteiger partial charge is 0.508 e.